The van der Waals surface area contributed by atoms with Crippen molar-refractivity contribution in [3.05, 3.63) is 23.8 Å². The average Bonchev–Trinajstić information content (AvgIpc) is 3.44. The molecule has 5 rings (SSSR count). The molecule has 4 aliphatic rings. The average molecular weight is 432 g/mol. The Hall–Kier alpha value is -1.42. The molecule has 0 aromatic heterocycles. The fourth-order valence-corrected chi connectivity index (χ4v) is 5.35. The Balaban J connectivity index is 1.02. The third kappa shape index (κ3) is 4.55. The zero-order valence-electron chi connectivity index (χ0n) is 18.3. The van der Waals surface area contributed by atoms with E-state index >= 15 is 0 Å². The molecule has 1 unspecified atom stereocenters. The first-order valence-corrected chi connectivity index (χ1v) is 11.8. The van der Waals surface area contributed by atoms with Gasteiger partial charge in [-0.05, 0) is 75.1 Å². The summed E-state index contributed by atoms with van der Waals surface area (Å²) in [7, 11) is 2.08. The molecule has 2 heterocycles. The number of rotatable bonds is 9. The molecule has 3 fully saturated rings. The second-order valence-corrected chi connectivity index (χ2v) is 9.91. The SMILES string of the molecule is CN(C[C@H]1O[C@@H](NCN)[C@H](O)[C@@H]1O)[C@H]1C[C@H](CCC2Nc3ccc(C4CC4)cc3N2)C1. The molecule has 0 spiro atoms. The van der Waals surface area contributed by atoms with Crippen molar-refractivity contribution in [3.8, 4) is 0 Å². The van der Waals surface area contributed by atoms with Gasteiger partial charge in [0.25, 0.3) is 0 Å². The Kier molecular flexibility index (Phi) is 6.11. The lowest BCUT2D eigenvalue weighted by atomic mass is 9.76. The van der Waals surface area contributed by atoms with Crippen LogP contribution in [0.25, 0.3) is 0 Å². The van der Waals surface area contributed by atoms with Crippen molar-refractivity contribution in [2.75, 3.05) is 30.9 Å². The molecule has 2 saturated carbocycles. The highest BCUT2D eigenvalue weighted by Gasteiger charge is 2.44. The Morgan fingerprint density at radius 3 is 2.65 bits per heavy atom. The number of aliphatic hydroxyl groups is 2. The van der Waals surface area contributed by atoms with E-state index in [1.807, 2.05) is 0 Å². The molecule has 2 aliphatic heterocycles. The van der Waals surface area contributed by atoms with Crippen LogP contribution in [0.15, 0.2) is 18.2 Å². The monoisotopic (exact) mass is 431 g/mol. The summed E-state index contributed by atoms with van der Waals surface area (Å²) >= 11 is 0. The van der Waals surface area contributed by atoms with Gasteiger partial charge in [-0.3, -0.25) is 5.32 Å². The fraction of sp³-hybridized carbons (Fsp3) is 0.739. The molecular formula is C23H37N5O3. The third-order valence-corrected chi connectivity index (χ3v) is 7.60. The van der Waals surface area contributed by atoms with E-state index in [9.17, 15) is 10.2 Å². The summed E-state index contributed by atoms with van der Waals surface area (Å²) in [5.41, 5.74) is 9.45. The number of aliphatic hydroxyl groups excluding tert-OH is 2. The van der Waals surface area contributed by atoms with Gasteiger partial charge in [-0.15, -0.1) is 0 Å². The van der Waals surface area contributed by atoms with Crippen LogP contribution in [0.3, 0.4) is 0 Å². The van der Waals surface area contributed by atoms with Gasteiger partial charge in [0.1, 0.15) is 24.5 Å². The number of likely N-dealkylation sites (N-methyl/N-ethyl adjacent to an activating group) is 1. The molecule has 5 atom stereocenters. The van der Waals surface area contributed by atoms with Crippen LogP contribution in [0.1, 0.15) is 50.0 Å². The quantitative estimate of drug-likeness (QED) is 0.323. The van der Waals surface area contributed by atoms with Crippen LogP contribution in [0, 0.1) is 5.92 Å². The summed E-state index contributed by atoms with van der Waals surface area (Å²) in [4.78, 5) is 2.27. The van der Waals surface area contributed by atoms with Gasteiger partial charge in [-0.2, -0.15) is 0 Å². The standard InChI is InChI=1S/C23H37N5O3/c1-28(11-19-21(29)22(30)23(31-19)25-12-24)16-8-13(9-16)2-7-20-26-17-6-5-15(14-3-4-14)10-18(17)27-20/h5-6,10,13-14,16,19-23,25-27,29-30H,2-4,7-9,11-12,24H2,1H3/t13-,16-,19-,20?,21-,22-,23-/m1/s1. The van der Waals surface area contributed by atoms with Crippen LogP contribution >= 0.6 is 0 Å². The predicted molar refractivity (Wildman–Crippen MR) is 121 cm³/mol. The van der Waals surface area contributed by atoms with Gasteiger partial charge in [-0.1, -0.05) is 6.07 Å². The molecule has 2 aliphatic carbocycles. The zero-order valence-corrected chi connectivity index (χ0v) is 18.3. The van der Waals surface area contributed by atoms with E-state index in [1.165, 1.54) is 49.0 Å². The van der Waals surface area contributed by atoms with Crippen molar-refractivity contribution in [3.63, 3.8) is 0 Å². The summed E-state index contributed by atoms with van der Waals surface area (Å²) in [5, 5.41) is 30.5. The lowest BCUT2D eigenvalue weighted by Gasteiger charge is -2.42. The minimum Gasteiger partial charge on any atom is -0.387 e. The van der Waals surface area contributed by atoms with Crippen molar-refractivity contribution in [1.82, 2.24) is 10.2 Å². The summed E-state index contributed by atoms with van der Waals surface area (Å²) in [6.07, 6.45) is 4.88. The summed E-state index contributed by atoms with van der Waals surface area (Å²) in [6.45, 7) is 0.821. The van der Waals surface area contributed by atoms with E-state index in [4.69, 9.17) is 10.5 Å². The number of nitrogens with zero attached hydrogens (tertiary/aromatic N) is 1. The number of nitrogens with two attached hydrogens (primary N) is 1. The largest absolute Gasteiger partial charge is 0.387 e. The van der Waals surface area contributed by atoms with Crippen molar-refractivity contribution in [2.24, 2.45) is 11.7 Å². The first-order chi connectivity index (χ1) is 15.0. The smallest absolute Gasteiger partial charge is 0.138 e. The number of hydrogen-bond donors (Lipinski definition) is 6. The molecule has 8 heteroatoms. The van der Waals surface area contributed by atoms with Gasteiger partial charge in [0.05, 0.1) is 17.5 Å². The number of anilines is 2. The van der Waals surface area contributed by atoms with E-state index in [0.717, 1.165) is 18.3 Å². The lowest BCUT2D eigenvalue weighted by Crippen LogP contribution is -2.48. The summed E-state index contributed by atoms with van der Waals surface area (Å²) < 4.78 is 5.77. The van der Waals surface area contributed by atoms with Crippen LogP contribution in [-0.4, -0.2) is 72.1 Å². The van der Waals surface area contributed by atoms with E-state index in [2.05, 4.69) is 46.1 Å². The van der Waals surface area contributed by atoms with Gasteiger partial charge in [0.2, 0.25) is 0 Å². The molecule has 0 radical (unpaired) electrons. The maximum atomic E-state index is 10.3. The fourth-order valence-electron chi connectivity index (χ4n) is 5.35. The second kappa shape index (κ2) is 8.84. The summed E-state index contributed by atoms with van der Waals surface area (Å²) in [5.74, 6) is 1.53. The van der Waals surface area contributed by atoms with Crippen molar-refractivity contribution in [2.45, 2.75) is 81.2 Å². The topological polar surface area (TPSA) is 115 Å². The Morgan fingerprint density at radius 1 is 1.13 bits per heavy atom. The molecule has 7 N–H and O–H groups in total. The Morgan fingerprint density at radius 2 is 1.90 bits per heavy atom. The highest BCUT2D eigenvalue weighted by atomic mass is 16.6. The highest BCUT2D eigenvalue weighted by molar-refractivity contribution is 5.75. The summed E-state index contributed by atoms with van der Waals surface area (Å²) in [6, 6.07) is 7.35. The van der Waals surface area contributed by atoms with Gasteiger partial charge in [-0.25, -0.2) is 0 Å². The molecule has 0 bridgehead atoms. The van der Waals surface area contributed by atoms with E-state index in [1.54, 1.807) is 0 Å². The van der Waals surface area contributed by atoms with Gasteiger partial charge >= 0.3 is 0 Å². The molecular weight excluding hydrogens is 394 g/mol. The number of nitrogens with one attached hydrogen (secondary N) is 3. The van der Waals surface area contributed by atoms with E-state index in [0.29, 0.717) is 18.8 Å². The third-order valence-electron chi connectivity index (χ3n) is 7.60. The Labute approximate surface area is 184 Å². The van der Waals surface area contributed by atoms with Crippen molar-refractivity contribution >= 4 is 11.4 Å². The zero-order chi connectivity index (χ0) is 21.5. The number of ether oxygens (including phenoxy) is 1. The second-order valence-electron chi connectivity index (χ2n) is 9.91. The minimum absolute atomic E-state index is 0.207. The van der Waals surface area contributed by atoms with Crippen LogP contribution < -0.4 is 21.7 Å². The van der Waals surface area contributed by atoms with E-state index < -0.39 is 24.5 Å². The maximum Gasteiger partial charge on any atom is 0.138 e. The first-order valence-electron chi connectivity index (χ1n) is 11.8. The number of fused-ring (bicyclic) bond motifs is 1. The normalized spacial score (nSPS) is 36.7. The van der Waals surface area contributed by atoms with Crippen molar-refractivity contribution < 1.29 is 14.9 Å². The highest BCUT2D eigenvalue weighted by Crippen LogP contribution is 2.43. The molecule has 31 heavy (non-hydrogen) atoms. The maximum absolute atomic E-state index is 10.3. The minimum atomic E-state index is -0.938. The number of benzene rings is 1. The molecule has 8 nitrogen and oxygen atoms in total. The number of hydrogen-bond acceptors (Lipinski definition) is 8. The molecule has 1 aromatic rings. The van der Waals surface area contributed by atoms with Crippen LogP contribution in [0.2, 0.25) is 0 Å². The molecule has 0 amide bonds. The first kappa shape index (κ1) is 21.4. The molecule has 172 valence electrons. The van der Waals surface area contributed by atoms with E-state index in [-0.39, 0.29) is 6.67 Å². The van der Waals surface area contributed by atoms with Crippen molar-refractivity contribution in [1.29, 1.82) is 0 Å². The van der Waals surface area contributed by atoms with Crippen LogP contribution in [0.5, 0.6) is 0 Å². The van der Waals surface area contributed by atoms with Gasteiger partial charge < -0.3 is 36.2 Å². The predicted octanol–water partition coefficient (Wildman–Crippen LogP) is 1.17. The molecule has 1 saturated heterocycles. The lowest BCUT2D eigenvalue weighted by molar-refractivity contribution is -0.0348. The Bertz CT molecular complexity index is 770. The molecule has 1 aromatic carbocycles. The van der Waals surface area contributed by atoms with Crippen LogP contribution in [0.4, 0.5) is 11.4 Å². The van der Waals surface area contributed by atoms with Gasteiger partial charge in [0, 0.05) is 19.3 Å². The van der Waals surface area contributed by atoms with Crippen LogP contribution in [-0.2, 0) is 4.74 Å². The van der Waals surface area contributed by atoms with Gasteiger partial charge in [0.15, 0.2) is 0 Å².